The molecule has 2 atom stereocenters. The maximum absolute atomic E-state index is 13.4. The molecule has 0 radical (unpaired) electrons. The minimum Gasteiger partial charge on any atom is -0.482 e. The molecule has 2 aliphatic heterocycles. The van der Waals surface area contributed by atoms with Crippen LogP contribution in [0.4, 0.5) is 10.1 Å². The number of hydrogen-bond acceptors (Lipinski definition) is 5. The van der Waals surface area contributed by atoms with E-state index in [1.807, 2.05) is 24.3 Å². The molecular weight excluding hydrogens is 519 g/mol. The van der Waals surface area contributed by atoms with E-state index < -0.39 is 0 Å². The van der Waals surface area contributed by atoms with Crippen LogP contribution in [0.25, 0.3) is 6.08 Å². The molecule has 7 nitrogen and oxygen atoms in total. The third kappa shape index (κ3) is 7.11. The fourth-order valence-corrected chi connectivity index (χ4v) is 5.93. The van der Waals surface area contributed by atoms with E-state index in [1.165, 1.54) is 12.1 Å². The van der Waals surface area contributed by atoms with Gasteiger partial charge in [-0.15, -0.1) is 0 Å². The Morgan fingerprint density at radius 2 is 1.85 bits per heavy atom. The van der Waals surface area contributed by atoms with Gasteiger partial charge in [0.05, 0.1) is 6.04 Å². The van der Waals surface area contributed by atoms with Crippen molar-refractivity contribution >= 4 is 35.2 Å². The van der Waals surface area contributed by atoms with Gasteiger partial charge in [-0.25, -0.2) is 4.39 Å². The lowest BCUT2D eigenvalue weighted by atomic mass is 9.89. The van der Waals surface area contributed by atoms with E-state index in [4.69, 9.17) is 16.3 Å². The van der Waals surface area contributed by atoms with Crippen molar-refractivity contribution in [1.82, 2.24) is 15.1 Å². The molecule has 5 rings (SSSR count). The number of carbonyl (C=O) groups is 2. The number of halogens is 2. The van der Waals surface area contributed by atoms with Crippen molar-refractivity contribution in [3.05, 3.63) is 70.7 Å². The van der Waals surface area contributed by atoms with Gasteiger partial charge in [-0.1, -0.05) is 30.2 Å². The van der Waals surface area contributed by atoms with Crippen LogP contribution in [-0.2, 0) is 14.3 Å². The first-order chi connectivity index (χ1) is 19.0. The maximum atomic E-state index is 13.4. The van der Waals surface area contributed by atoms with Crippen molar-refractivity contribution in [2.75, 3.05) is 50.7 Å². The van der Waals surface area contributed by atoms with Gasteiger partial charge in [0.15, 0.2) is 5.76 Å². The Morgan fingerprint density at radius 1 is 1.08 bits per heavy atom. The summed E-state index contributed by atoms with van der Waals surface area (Å²) in [5, 5.41) is 3.61. The van der Waals surface area contributed by atoms with E-state index >= 15 is 0 Å². The van der Waals surface area contributed by atoms with E-state index in [1.54, 1.807) is 23.1 Å². The van der Waals surface area contributed by atoms with E-state index in [2.05, 4.69) is 15.1 Å². The molecule has 0 aromatic heterocycles. The average Bonchev–Trinajstić information content (AvgIpc) is 2.94. The number of ether oxygens (including phenoxy) is 1. The zero-order chi connectivity index (χ0) is 27.2. The number of morpholine rings is 1. The molecular formula is C30H36ClFN4O3. The predicted octanol–water partition coefficient (Wildman–Crippen LogP) is 4.32. The highest BCUT2D eigenvalue weighted by molar-refractivity contribution is 6.30. The Balaban J connectivity index is 1.09. The van der Waals surface area contributed by atoms with Gasteiger partial charge < -0.3 is 19.9 Å². The number of rotatable bonds is 8. The molecule has 0 bridgehead atoms. The lowest BCUT2D eigenvalue weighted by Crippen LogP contribution is -2.57. The quantitative estimate of drug-likeness (QED) is 0.389. The summed E-state index contributed by atoms with van der Waals surface area (Å²) in [6.45, 7) is 5.14. The monoisotopic (exact) mass is 554 g/mol. The van der Waals surface area contributed by atoms with Crippen LogP contribution in [0.5, 0.6) is 0 Å². The van der Waals surface area contributed by atoms with Gasteiger partial charge in [-0.2, -0.15) is 0 Å². The minimum atomic E-state index is -0.243. The van der Waals surface area contributed by atoms with Crippen molar-refractivity contribution in [1.29, 1.82) is 0 Å². The van der Waals surface area contributed by atoms with Crippen LogP contribution < -0.4 is 10.2 Å². The molecule has 1 aliphatic carbocycles. The lowest BCUT2D eigenvalue weighted by Gasteiger charge is -2.44. The van der Waals surface area contributed by atoms with Crippen molar-refractivity contribution in [3.63, 3.8) is 0 Å². The summed E-state index contributed by atoms with van der Waals surface area (Å²) in [5.74, 6) is -0.330. The fourth-order valence-electron chi connectivity index (χ4n) is 5.73. The summed E-state index contributed by atoms with van der Waals surface area (Å²) in [6.07, 6.45) is 6.26. The number of fused-ring (bicyclic) bond motifs is 1. The highest BCUT2D eigenvalue weighted by atomic mass is 35.5. The van der Waals surface area contributed by atoms with Crippen molar-refractivity contribution in [2.45, 2.75) is 44.2 Å². The van der Waals surface area contributed by atoms with Crippen molar-refractivity contribution in [2.24, 2.45) is 0 Å². The van der Waals surface area contributed by atoms with Crippen LogP contribution in [0.1, 0.15) is 37.7 Å². The summed E-state index contributed by atoms with van der Waals surface area (Å²) in [6, 6.07) is 13.9. The Morgan fingerprint density at radius 3 is 2.62 bits per heavy atom. The van der Waals surface area contributed by atoms with Gasteiger partial charge >= 0.3 is 0 Å². The molecule has 2 aromatic carbocycles. The molecule has 208 valence electrons. The molecule has 3 fully saturated rings. The Hall–Kier alpha value is -3.10. The third-order valence-electron chi connectivity index (χ3n) is 7.82. The van der Waals surface area contributed by atoms with Crippen molar-refractivity contribution < 1.29 is 18.7 Å². The number of benzene rings is 2. The molecule has 1 saturated carbocycles. The Labute approximate surface area is 234 Å². The Bertz CT molecular complexity index is 1180. The van der Waals surface area contributed by atoms with Gasteiger partial charge in [-0.05, 0) is 80.3 Å². The molecule has 1 N–H and O–H groups in total. The maximum Gasteiger partial charge on any atom is 0.289 e. The number of piperazine rings is 1. The molecule has 0 spiro atoms. The number of carbonyl (C=O) groups excluding carboxylic acids is 2. The van der Waals surface area contributed by atoms with Crippen molar-refractivity contribution in [3.8, 4) is 0 Å². The molecule has 39 heavy (non-hydrogen) atoms. The fraction of sp³-hybridized carbons (Fsp3) is 0.467. The Kier molecular flexibility index (Phi) is 9.04. The zero-order valence-electron chi connectivity index (χ0n) is 22.2. The van der Waals surface area contributed by atoms with E-state index in [0.29, 0.717) is 11.6 Å². The number of anilines is 1. The first kappa shape index (κ1) is 27.5. The number of hydrogen-bond donors (Lipinski definition) is 1. The second-order valence-corrected chi connectivity index (χ2v) is 10.9. The lowest BCUT2D eigenvalue weighted by molar-refractivity contribution is -0.151. The predicted molar refractivity (Wildman–Crippen MR) is 151 cm³/mol. The second-order valence-electron chi connectivity index (χ2n) is 10.5. The van der Waals surface area contributed by atoms with Crippen LogP contribution >= 0.6 is 11.6 Å². The smallest absolute Gasteiger partial charge is 0.289 e. The molecule has 2 heterocycles. The number of nitrogens with zero attached hydrogens (tertiary/aromatic N) is 3. The van der Waals surface area contributed by atoms with Crippen LogP contribution in [0.2, 0.25) is 5.02 Å². The highest BCUT2D eigenvalue weighted by Crippen LogP contribution is 2.33. The molecule has 2 amide bonds. The van der Waals surface area contributed by atoms with Gasteiger partial charge in [0.2, 0.25) is 5.91 Å². The first-order valence-corrected chi connectivity index (χ1v) is 14.3. The van der Waals surface area contributed by atoms with Crippen LogP contribution in [0, 0.1) is 5.82 Å². The summed E-state index contributed by atoms with van der Waals surface area (Å²) < 4.78 is 19.3. The molecule has 2 unspecified atom stereocenters. The number of amides is 2. The van der Waals surface area contributed by atoms with E-state index in [0.717, 1.165) is 76.1 Å². The second kappa shape index (κ2) is 12.8. The summed E-state index contributed by atoms with van der Waals surface area (Å²) in [7, 11) is 0. The molecule has 9 heteroatoms. The van der Waals surface area contributed by atoms with Gasteiger partial charge in [0.25, 0.3) is 5.91 Å². The molecule has 2 aromatic rings. The zero-order valence-corrected chi connectivity index (χ0v) is 22.9. The summed E-state index contributed by atoms with van der Waals surface area (Å²) in [4.78, 5) is 32.6. The summed E-state index contributed by atoms with van der Waals surface area (Å²) >= 11 is 6.12. The van der Waals surface area contributed by atoms with Crippen LogP contribution in [0.15, 0.2) is 54.3 Å². The summed E-state index contributed by atoms with van der Waals surface area (Å²) in [5.41, 5.74) is 1.84. The van der Waals surface area contributed by atoms with Gasteiger partial charge in [0, 0.05) is 43.4 Å². The standard InChI is InChI=1S/C30H36ClFN4O3/c31-23-6-3-5-22(19-23)20-28-30(38)36(26-7-1-2-8-27(26)39-28)21-29(37)33-13-4-14-34-15-17-35(18-16-34)25-11-9-24(32)10-12-25/h3,5-6,9-12,19-20,26-27H,1-2,4,7-8,13-18,21H2,(H,33,37)/b28-20+. The molecule has 3 aliphatic rings. The SMILES string of the molecule is O=C(CN1C(=O)/C(=C\c2cccc(Cl)c2)OC2CCCCC21)NCCCN1CCN(c2ccc(F)cc2)CC1. The topological polar surface area (TPSA) is 65.1 Å². The van der Waals surface area contributed by atoms with E-state index in [9.17, 15) is 14.0 Å². The van der Waals surface area contributed by atoms with Gasteiger partial charge in [-0.3, -0.25) is 14.5 Å². The third-order valence-corrected chi connectivity index (χ3v) is 8.05. The normalized spacial score (nSPS) is 22.9. The number of nitrogens with one attached hydrogen (secondary N) is 1. The van der Waals surface area contributed by atoms with Crippen LogP contribution in [0.3, 0.4) is 0 Å². The highest BCUT2D eigenvalue weighted by Gasteiger charge is 2.42. The average molecular weight is 555 g/mol. The minimum absolute atomic E-state index is 0.0343. The molecule has 2 saturated heterocycles. The van der Waals surface area contributed by atoms with Gasteiger partial charge in [0.1, 0.15) is 18.5 Å². The van der Waals surface area contributed by atoms with E-state index in [-0.39, 0.29) is 42.1 Å². The first-order valence-electron chi connectivity index (χ1n) is 13.9. The van der Waals surface area contributed by atoms with Crippen LogP contribution in [-0.4, -0.2) is 79.6 Å². The largest absolute Gasteiger partial charge is 0.482 e.